The zero-order chi connectivity index (χ0) is 9.35. The zero-order valence-corrected chi connectivity index (χ0v) is 7.85. The van der Waals surface area contributed by atoms with Gasteiger partial charge in [-0.15, -0.1) is 0 Å². The molecule has 1 rings (SSSR count). The highest BCUT2D eigenvalue weighted by atomic mass is 35.5. The summed E-state index contributed by atoms with van der Waals surface area (Å²) in [7, 11) is 0. The van der Waals surface area contributed by atoms with Crippen LogP contribution in [0.3, 0.4) is 0 Å². The van der Waals surface area contributed by atoms with E-state index in [0.717, 1.165) is 0 Å². The van der Waals surface area contributed by atoms with Gasteiger partial charge in [-0.1, -0.05) is 18.5 Å². The SMILES string of the molecule is CCC1CC(Cl)(C(C)=O)C(=O)O1. The van der Waals surface area contributed by atoms with Crippen LogP contribution in [-0.2, 0) is 14.3 Å². The first kappa shape index (κ1) is 9.52. The van der Waals surface area contributed by atoms with Crippen LogP contribution in [-0.4, -0.2) is 22.7 Å². The standard InChI is InChI=1S/C8H11ClO3/c1-3-6-4-8(9,5(2)10)7(11)12-6/h6H,3-4H2,1-2H3. The Morgan fingerprint density at radius 3 is 2.67 bits per heavy atom. The molecule has 2 unspecified atom stereocenters. The molecule has 4 heteroatoms. The summed E-state index contributed by atoms with van der Waals surface area (Å²) >= 11 is 5.81. The van der Waals surface area contributed by atoms with Crippen LogP contribution in [0.25, 0.3) is 0 Å². The Hall–Kier alpha value is -0.570. The normalized spacial score (nSPS) is 34.9. The first-order valence-electron chi connectivity index (χ1n) is 3.91. The van der Waals surface area contributed by atoms with Gasteiger partial charge < -0.3 is 4.74 Å². The van der Waals surface area contributed by atoms with Crippen LogP contribution in [0.1, 0.15) is 26.7 Å². The Morgan fingerprint density at radius 1 is 1.83 bits per heavy atom. The number of Topliss-reactive ketones (excluding diaryl/α,β-unsaturated/α-hetero) is 1. The molecule has 0 aliphatic carbocycles. The van der Waals surface area contributed by atoms with Gasteiger partial charge in [-0.05, 0) is 13.3 Å². The van der Waals surface area contributed by atoms with Gasteiger partial charge in [0.15, 0.2) is 5.78 Å². The van der Waals surface area contributed by atoms with Gasteiger partial charge >= 0.3 is 5.97 Å². The van der Waals surface area contributed by atoms with Crippen LogP contribution < -0.4 is 0 Å². The van der Waals surface area contributed by atoms with Crippen molar-refractivity contribution in [1.82, 2.24) is 0 Å². The summed E-state index contributed by atoms with van der Waals surface area (Å²) in [5.74, 6) is -0.923. The Labute approximate surface area is 76.0 Å². The van der Waals surface area contributed by atoms with Gasteiger partial charge in [-0.3, -0.25) is 4.79 Å². The Morgan fingerprint density at radius 2 is 2.42 bits per heavy atom. The second-order valence-electron chi connectivity index (χ2n) is 3.00. The topological polar surface area (TPSA) is 43.4 Å². The molecule has 0 aromatic rings. The number of ketones is 1. The molecule has 0 bridgehead atoms. The number of hydrogen-bond donors (Lipinski definition) is 0. The second-order valence-corrected chi connectivity index (χ2v) is 3.64. The molecular weight excluding hydrogens is 180 g/mol. The van der Waals surface area contributed by atoms with E-state index >= 15 is 0 Å². The highest BCUT2D eigenvalue weighted by molar-refractivity contribution is 6.46. The molecule has 0 aromatic heterocycles. The lowest BCUT2D eigenvalue weighted by atomic mass is 9.99. The number of cyclic esters (lactones) is 1. The van der Waals surface area contributed by atoms with Crippen LogP contribution in [0.15, 0.2) is 0 Å². The summed E-state index contributed by atoms with van der Waals surface area (Å²) in [5.41, 5.74) is 0. The highest BCUT2D eigenvalue weighted by Gasteiger charge is 2.51. The summed E-state index contributed by atoms with van der Waals surface area (Å²) in [4.78, 5) is 20.7. The molecule has 0 aromatic carbocycles. The van der Waals surface area contributed by atoms with E-state index in [1.165, 1.54) is 6.92 Å². The minimum Gasteiger partial charge on any atom is -0.461 e. The van der Waals surface area contributed by atoms with Crippen LogP contribution in [0.2, 0.25) is 0 Å². The molecule has 1 aliphatic rings. The van der Waals surface area contributed by atoms with E-state index in [0.29, 0.717) is 12.8 Å². The van der Waals surface area contributed by atoms with Crippen molar-refractivity contribution in [2.24, 2.45) is 0 Å². The van der Waals surface area contributed by atoms with Crippen LogP contribution >= 0.6 is 11.6 Å². The van der Waals surface area contributed by atoms with Gasteiger partial charge in [-0.2, -0.15) is 0 Å². The monoisotopic (exact) mass is 190 g/mol. The molecule has 2 atom stereocenters. The fraction of sp³-hybridized carbons (Fsp3) is 0.750. The van der Waals surface area contributed by atoms with E-state index in [9.17, 15) is 9.59 Å². The van der Waals surface area contributed by atoms with Gasteiger partial charge in [0.25, 0.3) is 0 Å². The first-order chi connectivity index (χ1) is 5.50. The van der Waals surface area contributed by atoms with Gasteiger partial charge in [0.1, 0.15) is 6.10 Å². The summed E-state index contributed by atoms with van der Waals surface area (Å²) in [5, 5.41) is 0. The predicted octanol–water partition coefficient (Wildman–Crippen LogP) is 1.28. The first-order valence-corrected chi connectivity index (χ1v) is 4.29. The molecule has 68 valence electrons. The largest absolute Gasteiger partial charge is 0.461 e. The van der Waals surface area contributed by atoms with Crippen molar-refractivity contribution in [2.75, 3.05) is 0 Å². The smallest absolute Gasteiger partial charge is 0.335 e. The maximum Gasteiger partial charge on any atom is 0.335 e. The molecule has 1 fully saturated rings. The molecule has 1 heterocycles. The minimum absolute atomic E-state index is 0.195. The third-order valence-electron chi connectivity index (χ3n) is 2.12. The van der Waals surface area contributed by atoms with Crippen LogP contribution in [0.4, 0.5) is 0 Å². The molecule has 0 spiro atoms. The fourth-order valence-electron chi connectivity index (χ4n) is 1.20. The summed E-state index contributed by atoms with van der Waals surface area (Å²) in [6.07, 6.45) is 0.811. The predicted molar refractivity (Wildman–Crippen MR) is 44.1 cm³/mol. The maximum absolute atomic E-state index is 11.1. The molecular formula is C8H11ClO3. The molecule has 1 saturated heterocycles. The molecule has 0 saturated carbocycles. The third kappa shape index (κ3) is 1.33. The molecule has 1 aliphatic heterocycles. The molecule has 0 radical (unpaired) electrons. The van der Waals surface area contributed by atoms with Gasteiger partial charge in [-0.25, -0.2) is 4.79 Å². The van der Waals surface area contributed by atoms with Crippen molar-refractivity contribution in [3.8, 4) is 0 Å². The Bertz CT molecular complexity index is 226. The number of halogens is 1. The van der Waals surface area contributed by atoms with Crippen molar-refractivity contribution < 1.29 is 14.3 Å². The second kappa shape index (κ2) is 3.05. The van der Waals surface area contributed by atoms with Crippen LogP contribution in [0, 0.1) is 0 Å². The van der Waals surface area contributed by atoms with E-state index in [2.05, 4.69) is 0 Å². The summed E-state index contributed by atoms with van der Waals surface area (Å²) < 4.78 is 4.90. The maximum atomic E-state index is 11.1. The minimum atomic E-state index is -1.40. The van der Waals surface area contributed by atoms with Crippen molar-refractivity contribution in [2.45, 2.75) is 37.7 Å². The lowest BCUT2D eigenvalue weighted by Crippen LogP contribution is -2.35. The fourth-order valence-corrected chi connectivity index (χ4v) is 1.42. The molecule has 3 nitrogen and oxygen atoms in total. The summed E-state index contributed by atoms with van der Waals surface area (Å²) in [6, 6.07) is 0. The number of rotatable bonds is 2. The Balaban J connectivity index is 2.81. The van der Waals surface area contributed by atoms with Crippen molar-refractivity contribution in [3.63, 3.8) is 0 Å². The van der Waals surface area contributed by atoms with Crippen molar-refractivity contribution in [1.29, 1.82) is 0 Å². The highest BCUT2D eigenvalue weighted by Crippen LogP contribution is 2.33. The summed E-state index contributed by atoms with van der Waals surface area (Å²) in [6.45, 7) is 3.20. The van der Waals surface area contributed by atoms with E-state index in [-0.39, 0.29) is 11.9 Å². The third-order valence-corrected chi connectivity index (χ3v) is 2.69. The average Bonchev–Trinajstić information content (AvgIpc) is 2.29. The number of ether oxygens (including phenoxy) is 1. The average molecular weight is 191 g/mol. The number of alkyl halides is 1. The number of carbonyl (C=O) groups excluding carboxylic acids is 2. The van der Waals surface area contributed by atoms with Crippen molar-refractivity contribution in [3.05, 3.63) is 0 Å². The lowest BCUT2D eigenvalue weighted by molar-refractivity contribution is -0.145. The van der Waals surface area contributed by atoms with E-state index in [1.54, 1.807) is 0 Å². The van der Waals surface area contributed by atoms with Gasteiger partial charge in [0.2, 0.25) is 4.87 Å². The molecule has 12 heavy (non-hydrogen) atoms. The Kier molecular flexibility index (Phi) is 2.42. The number of carbonyl (C=O) groups is 2. The number of hydrogen-bond acceptors (Lipinski definition) is 3. The molecule has 0 N–H and O–H groups in total. The van der Waals surface area contributed by atoms with Gasteiger partial charge in [0.05, 0.1) is 0 Å². The quantitative estimate of drug-likeness (QED) is 0.374. The van der Waals surface area contributed by atoms with Gasteiger partial charge in [0, 0.05) is 6.42 Å². The van der Waals surface area contributed by atoms with E-state index in [1.807, 2.05) is 6.92 Å². The van der Waals surface area contributed by atoms with Crippen LogP contribution in [0.5, 0.6) is 0 Å². The zero-order valence-electron chi connectivity index (χ0n) is 7.09. The number of esters is 1. The lowest BCUT2D eigenvalue weighted by Gasteiger charge is -2.10. The molecule has 0 amide bonds. The van der Waals surface area contributed by atoms with E-state index < -0.39 is 10.8 Å². The van der Waals surface area contributed by atoms with E-state index in [4.69, 9.17) is 16.3 Å². The van der Waals surface area contributed by atoms with Crippen molar-refractivity contribution >= 4 is 23.4 Å².